The highest BCUT2D eigenvalue weighted by atomic mass is 15.4. The Balaban J connectivity index is 2.45. The molecule has 1 aromatic heterocycles. The molecule has 0 fully saturated rings. The van der Waals surface area contributed by atoms with Crippen molar-refractivity contribution in [3.05, 3.63) is 29.3 Å². The van der Waals surface area contributed by atoms with E-state index in [1.807, 2.05) is 26.0 Å². The van der Waals surface area contributed by atoms with Gasteiger partial charge in [-0.05, 0) is 32.4 Å². The van der Waals surface area contributed by atoms with Gasteiger partial charge in [0.15, 0.2) is 0 Å². The first-order chi connectivity index (χ1) is 8.11. The minimum absolute atomic E-state index is 0.396. The van der Waals surface area contributed by atoms with Gasteiger partial charge in [-0.15, -0.1) is 5.10 Å². The summed E-state index contributed by atoms with van der Waals surface area (Å²) in [6.07, 6.45) is 0. The minimum atomic E-state index is 0.396. The van der Waals surface area contributed by atoms with Gasteiger partial charge in [0.2, 0.25) is 11.9 Å². The zero-order valence-electron chi connectivity index (χ0n) is 10.4. The van der Waals surface area contributed by atoms with E-state index in [-0.39, 0.29) is 0 Å². The van der Waals surface area contributed by atoms with Gasteiger partial charge in [-0.25, -0.2) is 0 Å². The molecule has 0 saturated heterocycles. The van der Waals surface area contributed by atoms with Gasteiger partial charge >= 0.3 is 0 Å². The van der Waals surface area contributed by atoms with Gasteiger partial charge in [0.25, 0.3) is 0 Å². The summed E-state index contributed by atoms with van der Waals surface area (Å²) in [6, 6.07) is 6.14. The Morgan fingerprint density at radius 3 is 2.76 bits per heavy atom. The molecule has 17 heavy (non-hydrogen) atoms. The molecule has 0 aliphatic heterocycles. The molecule has 0 aliphatic carbocycles. The average Bonchev–Trinajstić information content (AvgIpc) is 2.60. The van der Waals surface area contributed by atoms with E-state index in [0.717, 1.165) is 17.8 Å². The van der Waals surface area contributed by atoms with E-state index in [2.05, 4.69) is 28.4 Å². The van der Waals surface area contributed by atoms with E-state index in [0.29, 0.717) is 11.9 Å². The number of hydrogen-bond acceptors (Lipinski definition) is 4. The fraction of sp³-hybridized carbons (Fsp3) is 0.333. The lowest BCUT2D eigenvalue weighted by molar-refractivity contribution is 0.881. The molecule has 0 bridgehead atoms. The first kappa shape index (κ1) is 11.4. The number of nitrogens with two attached hydrogens (primary N) is 1. The SMILES string of the molecule is CCNc1nc(N)n(-c2ccc(C)cc2C)n1. The minimum Gasteiger partial charge on any atom is -0.368 e. The average molecular weight is 231 g/mol. The number of rotatable bonds is 3. The third kappa shape index (κ3) is 2.22. The fourth-order valence-corrected chi connectivity index (χ4v) is 1.78. The highest BCUT2D eigenvalue weighted by molar-refractivity contribution is 5.47. The van der Waals surface area contributed by atoms with Crippen molar-refractivity contribution in [2.24, 2.45) is 0 Å². The summed E-state index contributed by atoms with van der Waals surface area (Å²) >= 11 is 0. The van der Waals surface area contributed by atoms with E-state index in [1.165, 1.54) is 5.56 Å². The fourth-order valence-electron chi connectivity index (χ4n) is 1.78. The van der Waals surface area contributed by atoms with Crippen molar-refractivity contribution in [3.63, 3.8) is 0 Å². The molecular weight excluding hydrogens is 214 g/mol. The van der Waals surface area contributed by atoms with Gasteiger partial charge in [0, 0.05) is 6.54 Å². The van der Waals surface area contributed by atoms with Crippen LogP contribution in [-0.4, -0.2) is 21.3 Å². The smallest absolute Gasteiger partial charge is 0.244 e. The molecule has 1 heterocycles. The predicted octanol–water partition coefficient (Wildman–Crippen LogP) is 1.90. The molecule has 0 aliphatic rings. The Morgan fingerprint density at radius 2 is 2.12 bits per heavy atom. The molecule has 2 aromatic rings. The normalized spacial score (nSPS) is 10.5. The third-order valence-electron chi connectivity index (χ3n) is 2.55. The molecule has 0 radical (unpaired) electrons. The molecule has 1 aromatic carbocycles. The van der Waals surface area contributed by atoms with Crippen LogP contribution >= 0.6 is 0 Å². The van der Waals surface area contributed by atoms with Crippen molar-refractivity contribution in [3.8, 4) is 5.69 Å². The highest BCUT2D eigenvalue weighted by Gasteiger charge is 2.09. The molecule has 5 heteroatoms. The summed E-state index contributed by atoms with van der Waals surface area (Å²) in [6.45, 7) is 6.87. The van der Waals surface area contributed by atoms with E-state index in [9.17, 15) is 0 Å². The molecule has 2 rings (SSSR count). The number of nitrogen functional groups attached to an aromatic ring is 1. The van der Waals surface area contributed by atoms with Crippen molar-refractivity contribution in [2.75, 3.05) is 17.6 Å². The first-order valence-electron chi connectivity index (χ1n) is 5.66. The maximum absolute atomic E-state index is 5.86. The number of benzene rings is 1. The molecule has 90 valence electrons. The van der Waals surface area contributed by atoms with Gasteiger partial charge in [-0.2, -0.15) is 9.67 Å². The second-order valence-corrected chi connectivity index (χ2v) is 4.03. The van der Waals surface area contributed by atoms with Crippen molar-refractivity contribution in [1.82, 2.24) is 14.8 Å². The largest absolute Gasteiger partial charge is 0.368 e. The van der Waals surface area contributed by atoms with Crippen molar-refractivity contribution in [2.45, 2.75) is 20.8 Å². The summed E-state index contributed by atoms with van der Waals surface area (Å²) < 4.78 is 1.66. The number of nitrogens with zero attached hydrogens (tertiary/aromatic N) is 3. The van der Waals surface area contributed by atoms with Crippen LogP contribution in [0.3, 0.4) is 0 Å². The second-order valence-electron chi connectivity index (χ2n) is 4.03. The van der Waals surface area contributed by atoms with Crippen LogP contribution in [-0.2, 0) is 0 Å². The molecular formula is C12H17N5. The molecule has 0 unspecified atom stereocenters. The van der Waals surface area contributed by atoms with Crippen LogP contribution in [0.4, 0.5) is 11.9 Å². The zero-order valence-corrected chi connectivity index (χ0v) is 10.4. The van der Waals surface area contributed by atoms with Gasteiger partial charge in [0.05, 0.1) is 5.69 Å². The Kier molecular flexibility index (Phi) is 2.99. The second kappa shape index (κ2) is 4.45. The topological polar surface area (TPSA) is 68.8 Å². The number of nitrogens with one attached hydrogen (secondary N) is 1. The van der Waals surface area contributed by atoms with Crippen molar-refractivity contribution < 1.29 is 0 Å². The summed E-state index contributed by atoms with van der Waals surface area (Å²) in [5, 5.41) is 7.38. The lowest BCUT2D eigenvalue weighted by Crippen LogP contribution is -2.04. The van der Waals surface area contributed by atoms with E-state index < -0.39 is 0 Å². The molecule has 0 spiro atoms. The van der Waals surface area contributed by atoms with Crippen molar-refractivity contribution in [1.29, 1.82) is 0 Å². The Hall–Kier alpha value is -2.04. The van der Waals surface area contributed by atoms with E-state index >= 15 is 0 Å². The summed E-state index contributed by atoms with van der Waals surface area (Å²) in [5.74, 6) is 0.956. The predicted molar refractivity (Wildman–Crippen MR) is 69.4 cm³/mol. The van der Waals surface area contributed by atoms with Crippen LogP contribution in [0.15, 0.2) is 18.2 Å². The molecule has 0 saturated carbocycles. The summed E-state index contributed by atoms with van der Waals surface area (Å²) in [7, 11) is 0. The third-order valence-corrected chi connectivity index (χ3v) is 2.55. The molecule has 3 N–H and O–H groups in total. The first-order valence-corrected chi connectivity index (χ1v) is 5.66. The van der Waals surface area contributed by atoms with Crippen molar-refractivity contribution >= 4 is 11.9 Å². The van der Waals surface area contributed by atoms with Gasteiger partial charge in [-0.3, -0.25) is 0 Å². The standard InChI is InChI=1S/C12H17N5/c1-4-14-12-15-11(13)17(16-12)10-6-5-8(2)7-9(10)3/h5-7H,4H2,1-3H3,(H3,13,14,15,16). The highest BCUT2D eigenvalue weighted by Crippen LogP contribution is 2.18. The molecule has 0 atom stereocenters. The van der Waals surface area contributed by atoms with Crippen LogP contribution in [0.25, 0.3) is 5.69 Å². The van der Waals surface area contributed by atoms with E-state index in [1.54, 1.807) is 4.68 Å². The summed E-state index contributed by atoms with van der Waals surface area (Å²) in [5.41, 5.74) is 9.17. The number of hydrogen-bond donors (Lipinski definition) is 2. The maximum atomic E-state index is 5.86. The molecule has 5 nitrogen and oxygen atoms in total. The van der Waals surface area contributed by atoms with E-state index in [4.69, 9.17) is 5.73 Å². The van der Waals surface area contributed by atoms with Crippen LogP contribution in [0.2, 0.25) is 0 Å². The Bertz CT molecular complexity index is 530. The lowest BCUT2D eigenvalue weighted by Gasteiger charge is -2.07. The quantitative estimate of drug-likeness (QED) is 0.846. The van der Waals surface area contributed by atoms with Gasteiger partial charge < -0.3 is 11.1 Å². The van der Waals surface area contributed by atoms with Gasteiger partial charge in [-0.1, -0.05) is 17.7 Å². The number of aromatic nitrogens is 3. The number of aryl methyl sites for hydroxylation is 2. The Labute approximate surface area is 101 Å². The van der Waals surface area contributed by atoms with Crippen LogP contribution in [0.1, 0.15) is 18.1 Å². The molecule has 0 amide bonds. The zero-order chi connectivity index (χ0) is 12.4. The Morgan fingerprint density at radius 1 is 1.35 bits per heavy atom. The lowest BCUT2D eigenvalue weighted by atomic mass is 10.1. The maximum Gasteiger partial charge on any atom is 0.244 e. The van der Waals surface area contributed by atoms with Crippen LogP contribution in [0, 0.1) is 13.8 Å². The monoisotopic (exact) mass is 231 g/mol. The summed E-state index contributed by atoms with van der Waals surface area (Å²) in [4.78, 5) is 4.16. The van der Waals surface area contributed by atoms with Crippen LogP contribution in [0.5, 0.6) is 0 Å². The number of anilines is 2. The van der Waals surface area contributed by atoms with Crippen LogP contribution < -0.4 is 11.1 Å². The van der Waals surface area contributed by atoms with Gasteiger partial charge in [0.1, 0.15) is 0 Å².